The maximum Gasteiger partial charge on any atom is 0.251 e. The van der Waals surface area contributed by atoms with Crippen molar-refractivity contribution in [2.75, 3.05) is 32.0 Å². The maximum absolute atomic E-state index is 12.1. The van der Waals surface area contributed by atoms with Gasteiger partial charge in [0.25, 0.3) is 5.91 Å². The van der Waals surface area contributed by atoms with Crippen LogP contribution in [0.5, 0.6) is 0 Å². The zero-order valence-electron chi connectivity index (χ0n) is 12.5. The normalized spacial score (nSPS) is 17.5. The van der Waals surface area contributed by atoms with E-state index in [1.54, 1.807) is 0 Å². The molecule has 4 nitrogen and oxygen atoms in total. The van der Waals surface area contributed by atoms with Crippen LogP contribution >= 0.6 is 0 Å². The van der Waals surface area contributed by atoms with Crippen LogP contribution in [0, 0.1) is 0 Å². The molecule has 2 N–H and O–H groups in total. The highest BCUT2D eigenvalue weighted by Crippen LogP contribution is 2.10. The van der Waals surface area contributed by atoms with Gasteiger partial charge in [0.1, 0.15) is 0 Å². The molecule has 1 aromatic rings. The van der Waals surface area contributed by atoms with Crippen LogP contribution in [0.4, 0.5) is 5.69 Å². The number of hydrogen-bond acceptors (Lipinski definition) is 3. The largest absolute Gasteiger partial charge is 0.388 e. The second kappa shape index (κ2) is 7.29. The van der Waals surface area contributed by atoms with Gasteiger partial charge in [0.15, 0.2) is 0 Å². The van der Waals surface area contributed by atoms with E-state index < -0.39 is 0 Å². The van der Waals surface area contributed by atoms with Crippen molar-refractivity contribution in [3.63, 3.8) is 0 Å². The zero-order valence-corrected chi connectivity index (χ0v) is 12.5. The summed E-state index contributed by atoms with van der Waals surface area (Å²) in [6, 6.07) is 7.74. The van der Waals surface area contributed by atoms with Gasteiger partial charge in [0, 0.05) is 30.9 Å². The summed E-state index contributed by atoms with van der Waals surface area (Å²) in [5.41, 5.74) is 1.73. The molecule has 2 rings (SSSR count). The standard InChI is InChI=1S/C16H25N3O/c1-13(12-19-10-4-3-5-11-19)18-16(20)14-6-8-15(17-2)9-7-14/h6-9,13,17H,3-5,10-12H2,1-2H3,(H,18,20). The Kier molecular flexibility index (Phi) is 5.41. The second-order valence-corrected chi connectivity index (χ2v) is 5.56. The molecule has 0 aromatic heterocycles. The van der Waals surface area contributed by atoms with Crippen molar-refractivity contribution in [2.45, 2.75) is 32.2 Å². The Morgan fingerprint density at radius 3 is 2.45 bits per heavy atom. The lowest BCUT2D eigenvalue weighted by atomic mass is 10.1. The predicted molar refractivity (Wildman–Crippen MR) is 83.2 cm³/mol. The minimum Gasteiger partial charge on any atom is -0.388 e. The maximum atomic E-state index is 12.1. The van der Waals surface area contributed by atoms with Gasteiger partial charge in [-0.1, -0.05) is 6.42 Å². The van der Waals surface area contributed by atoms with Gasteiger partial charge in [-0.25, -0.2) is 0 Å². The molecule has 1 fully saturated rings. The zero-order chi connectivity index (χ0) is 14.4. The smallest absolute Gasteiger partial charge is 0.251 e. The van der Waals surface area contributed by atoms with Gasteiger partial charge in [-0.2, -0.15) is 0 Å². The van der Waals surface area contributed by atoms with Crippen molar-refractivity contribution in [3.05, 3.63) is 29.8 Å². The molecule has 0 radical (unpaired) electrons. The van der Waals surface area contributed by atoms with Crippen LogP contribution in [0.2, 0.25) is 0 Å². The number of carbonyl (C=O) groups excluding carboxylic acids is 1. The molecule has 4 heteroatoms. The predicted octanol–water partition coefficient (Wildman–Crippen LogP) is 2.33. The van der Waals surface area contributed by atoms with Crippen molar-refractivity contribution < 1.29 is 4.79 Å². The average Bonchev–Trinajstić information content (AvgIpc) is 2.48. The monoisotopic (exact) mass is 275 g/mol. The van der Waals surface area contributed by atoms with Gasteiger partial charge in [-0.15, -0.1) is 0 Å². The summed E-state index contributed by atoms with van der Waals surface area (Å²) in [5, 5.41) is 6.13. The Labute approximate surface area is 121 Å². The molecule has 1 aliphatic heterocycles. The van der Waals surface area contributed by atoms with Crippen LogP contribution in [-0.2, 0) is 0 Å². The second-order valence-electron chi connectivity index (χ2n) is 5.56. The Bertz CT molecular complexity index is 424. The van der Waals surface area contributed by atoms with Crippen LogP contribution in [0.1, 0.15) is 36.5 Å². The molecule has 1 atom stereocenters. The van der Waals surface area contributed by atoms with Crippen LogP contribution in [-0.4, -0.2) is 43.5 Å². The minimum absolute atomic E-state index is 0.0113. The van der Waals surface area contributed by atoms with Crippen LogP contribution < -0.4 is 10.6 Å². The third-order valence-electron chi connectivity index (χ3n) is 3.79. The van der Waals surface area contributed by atoms with Gasteiger partial charge < -0.3 is 15.5 Å². The number of rotatable bonds is 5. The van der Waals surface area contributed by atoms with E-state index in [4.69, 9.17) is 0 Å². The number of nitrogens with zero attached hydrogens (tertiary/aromatic N) is 1. The molecular formula is C16H25N3O. The van der Waals surface area contributed by atoms with Gasteiger partial charge in [0.2, 0.25) is 0 Å². The van der Waals surface area contributed by atoms with E-state index in [1.165, 1.54) is 19.3 Å². The Balaban J connectivity index is 1.82. The van der Waals surface area contributed by atoms with E-state index in [9.17, 15) is 4.79 Å². The van der Waals surface area contributed by atoms with Crippen LogP contribution in [0.3, 0.4) is 0 Å². The lowest BCUT2D eigenvalue weighted by Gasteiger charge is -2.29. The quantitative estimate of drug-likeness (QED) is 0.867. The van der Waals surface area contributed by atoms with Crippen LogP contribution in [0.25, 0.3) is 0 Å². The van der Waals surface area contributed by atoms with E-state index in [1.807, 2.05) is 31.3 Å². The summed E-state index contributed by atoms with van der Waals surface area (Å²) in [4.78, 5) is 14.6. The van der Waals surface area contributed by atoms with Gasteiger partial charge in [0.05, 0.1) is 0 Å². The molecular weight excluding hydrogens is 250 g/mol. The number of likely N-dealkylation sites (tertiary alicyclic amines) is 1. The first-order chi connectivity index (χ1) is 9.69. The molecule has 1 saturated heterocycles. The Hall–Kier alpha value is -1.55. The summed E-state index contributed by atoms with van der Waals surface area (Å²) in [5.74, 6) is 0.0113. The summed E-state index contributed by atoms with van der Waals surface area (Å²) in [6.07, 6.45) is 3.91. The van der Waals surface area contributed by atoms with Crippen molar-refractivity contribution >= 4 is 11.6 Å². The van der Waals surface area contributed by atoms with E-state index in [-0.39, 0.29) is 11.9 Å². The van der Waals surface area contributed by atoms with Crippen LogP contribution in [0.15, 0.2) is 24.3 Å². The van der Waals surface area contributed by atoms with Crippen molar-refractivity contribution in [1.82, 2.24) is 10.2 Å². The SMILES string of the molecule is CNc1ccc(C(=O)NC(C)CN2CCCCC2)cc1. The molecule has 1 aliphatic rings. The molecule has 1 aromatic carbocycles. The van der Waals surface area contributed by atoms with Gasteiger partial charge in [-0.3, -0.25) is 4.79 Å². The number of anilines is 1. The number of nitrogens with one attached hydrogen (secondary N) is 2. The van der Waals surface area contributed by atoms with Crippen molar-refractivity contribution in [1.29, 1.82) is 0 Å². The fourth-order valence-electron chi connectivity index (χ4n) is 2.67. The molecule has 1 amide bonds. The minimum atomic E-state index is 0.0113. The topological polar surface area (TPSA) is 44.4 Å². The van der Waals surface area contributed by atoms with Gasteiger partial charge in [-0.05, 0) is 57.1 Å². The number of piperidine rings is 1. The molecule has 1 heterocycles. The lowest BCUT2D eigenvalue weighted by molar-refractivity contribution is 0.0925. The number of amides is 1. The summed E-state index contributed by atoms with van der Waals surface area (Å²) in [6.45, 7) is 5.35. The van der Waals surface area contributed by atoms with Gasteiger partial charge >= 0.3 is 0 Å². The number of hydrogen-bond donors (Lipinski definition) is 2. The highest BCUT2D eigenvalue weighted by Gasteiger charge is 2.15. The first-order valence-corrected chi connectivity index (χ1v) is 7.50. The third-order valence-corrected chi connectivity index (χ3v) is 3.79. The summed E-state index contributed by atoms with van der Waals surface area (Å²) in [7, 11) is 1.87. The summed E-state index contributed by atoms with van der Waals surface area (Å²) >= 11 is 0. The summed E-state index contributed by atoms with van der Waals surface area (Å²) < 4.78 is 0. The molecule has 0 spiro atoms. The first-order valence-electron chi connectivity index (χ1n) is 7.50. The van der Waals surface area contributed by atoms with E-state index in [2.05, 4.69) is 22.5 Å². The molecule has 0 bridgehead atoms. The molecule has 1 unspecified atom stereocenters. The average molecular weight is 275 g/mol. The Morgan fingerprint density at radius 1 is 1.20 bits per heavy atom. The van der Waals surface area contributed by atoms with E-state index in [0.717, 1.165) is 30.9 Å². The van der Waals surface area contributed by atoms with Crippen molar-refractivity contribution in [3.8, 4) is 0 Å². The Morgan fingerprint density at radius 2 is 1.85 bits per heavy atom. The lowest BCUT2D eigenvalue weighted by Crippen LogP contribution is -2.43. The first kappa shape index (κ1) is 14.9. The van der Waals surface area contributed by atoms with E-state index >= 15 is 0 Å². The number of carbonyl (C=O) groups is 1. The van der Waals surface area contributed by atoms with E-state index in [0.29, 0.717) is 0 Å². The number of benzene rings is 1. The molecule has 20 heavy (non-hydrogen) atoms. The molecule has 0 saturated carbocycles. The van der Waals surface area contributed by atoms with Crippen molar-refractivity contribution in [2.24, 2.45) is 0 Å². The fourth-order valence-corrected chi connectivity index (χ4v) is 2.67. The third kappa shape index (κ3) is 4.23. The molecule has 110 valence electrons. The highest BCUT2D eigenvalue weighted by molar-refractivity contribution is 5.94. The fraction of sp³-hybridized carbons (Fsp3) is 0.562. The molecule has 0 aliphatic carbocycles. The highest BCUT2D eigenvalue weighted by atomic mass is 16.1.